The van der Waals surface area contributed by atoms with E-state index in [1.807, 2.05) is 0 Å². The van der Waals surface area contributed by atoms with Crippen LogP contribution in [-0.2, 0) is 13.1 Å². The van der Waals surface area contributed by atoms with Crippen LogP contribution in [0, 0.1) is 5.82 Å². The van der Waals surface area contributed by atoms with Crippen molar-refractivity contribution in [3.63, 3.8) is 0 Å². The molecule has 0 saturated carbocycles. The Morgan fingerprint density at radius 1 is 1.26 bits per heavy atom. The van der Waals surface area contributed by atoms with Crippen LogP contribution >= 0.6 is 0 Å². The molecule has 102 valence electrons. The molecule has 0 aliphatic heterocycles. The van der Waals surface area contributed by atoms with E-state index in [4.69, 9.17) is 5.73 Å². The second kappa shape index (κ2) is 5.00. The van der Waals surface area contributed by atoms with E-state index < -0.39 is 18.5 Å². The Morgan fingerprint density at radius 2 is 2.00 bits per heavy atom. The molecule has 0 amide bonds. The summed E-state index contributed by atoms with van der Waals surface area (Å²) in [5.41, 5.74) is 6.48. The maximum absolute atomic E-state index is 13.8. The van der Waals surface area contributed by atoms with Gasteiger partial charge in [0.15, 0.2) is 0 Å². The first-order valence-electron chi connectivity index (χ1n) is 5.47. The molecule has 0 bridgehead atoms. The van der Waals surface area contributed by atoms with Gasteiger partial charge in [-0.25, -0.2) is 4.39 Å². The average molecular weight is 273 g/mol. The number of halogens is 4. The molecule has 0 radical (unpaired) electrons. The predicted octanol–water partition coefficient (Wildman–Crippen LogP) is 2.71. The van der Waals surface area contributed by atoms with Gasteiger partial charge in [0.2, 0.25) is 0 Å². The molecule has 1 aromatic carbocycles. The van der Waals surface area contributed by atoms with E-state index in [1.54, 1.807) is 6.07 Å². The van der Waals surface area contributed by atoms with Gasteiger partial charge in [0.25, 0.3) is 0 Å². The van der Waals surface area contributed by atoms with Gasteiger partial charge in [0.1, 0.15) is 12.4 Å². The molecule has 19 heavy (non-hydrogen) atoms. The maximum Gasteiger partial charge on any atom is 0.408 e. The zero-order valence-electron chi connectivity index (χ0n) is 9.78. The summed E-state index contributed by atoms with van der Waals surface area (Å²) in [7, 11) is 0. The van der Waals surface area contributed by atoms with Crippen LogP contribution in [0.2, 0.25) is 0 Å². The largest absolute Gasteiger partial charge is 0.408 e. The Labute approximate surface area is 106 Å². The molecule has 1 heterocycles. The molecule has 7 heteroatoms. The summed E-state index contributed by atoms with van der Waals surface area (Å²) >= 11 is 0. The van der Waals surface area contributed by atoms with E-state index in [0.29, 0.717) is 11.1 Å². The van der Waals surface area contributed by atoms with Crippen molar-refractivity contribution in [2.75, 3.05) is 0 Å². The summed E-state index contributed by atoms with van der Waals surface area (Å²) in [6.45, 7) is -1.000. The van der Waals surface area contributed by atoms with E-state index in [9.17, 15) is 17.6 Å². The van der Waals surface area contributed by atoms with Gasteiger partial charge in [-0.2, -0.15) is 18.3 Å². The molecule has 1 aromatic heterocycles. The molecule has 2 N–H and O–H groups in total. The van der Waals surface area contributed by atoms with Crippen LogP contribution in [0.1, 0.15) is 5.56 Å². The number of rotatable bonds is 3. The van der Waals surface area contributed by atoms with Crippen molar-refractivity contribution >= 4 is 0 Å². The third kappa shape index (κ3) is 3.31. The van der Waals surface area contributed by atoms with Gasteiger partial charge in [0.05, 0.1) is 6.20 Å². The Hall–Kier alpha value is -1.89. The Morgan fingerprint density at radius 3 is 2.58 bits per heavy atom. The van der Waals surface area contributed by atoms with Crippen molar-refractivity contribution in [2.24, 2.45) is 5.73 Å². The molecule has 0 aliphatic carbocycles. The van der Waals surface area contributed by atoms with Crippen molar-refractivity contribution in [3.8, 4) is 11.1 Å². The van der Waals surface area contributed by atoms with Crippen LogP contribution < -0.4 is 5.73 Å². The van der Waals surface area contributed by atoms with Crippen molar-refractivity contribution in [2.45, 2.75) is 19.3 Å². The highest BCUT2D eigenvalue weighted by molar-refractivity contribution is 5.62. The lowest BCUT2D eigenvalue weighted by Gasteiger charge is -2.05. The molecular formula is C12H11F4N3. The van der Waals surface area contributed by atoms with E-state index in [0.717, 1.165) is 10.9 Å². The molecule has 2 aromatic rings. The summed E-state index contributed by atoms with van der Waals surface area (Å²) < 4.78 is 51.0. The molecule has 0 aliphatic rings. The Balaban J connectivity index is 2.28. The summed E-state index contributed by atoms with van der Waals surface area (Å²) in [6, 6.07) is 4.36. The SMILES string of the molecule is NCc1ccc(-c2cnn(CC(F)(F)F)c2)c(F)c1. The Bertz CT molecular complexity index is 575. The third-order valence-corrected chi connectivity index (χ3v) is 2.55. The van der Waals surface area contributed by atoms with Crippen LogP contribution in [0.15, 0.2) is 30.6 Å². The van der Waals surface area contributed by atoms with Gasteiger partial charge in [-0.1, -0.05) is 12.1 Å². The standard InChI is InChI=1S/C12H11F4N3/c13-11-3-8(4-17)1-2-10(11)9-5-18-19(6-9)7-12(14,15)16/h1-3,5-6H,4,7,17H2. The van der Waals surface area contributed by atoms with Crippen LogP contribution in [0.4, 0.5) is 17.6 Å². The Kier molecular flexibility index (Phi) is 3.57. The number of nitrogens with zero attached hydrogens (tertiary/aromatic N) is 2. The van der Waals surface area contributed by atoms with Crippen LogP contribution in [0.5, 0.6) is 0 Å². The van der Waals surface area contributed by atoms with E-state index in [1.165, 1.54) is 18.3 Å². The number of benzene rings is 1. The fourth-order valence-corrected chi connectivity index (χ4v) is 1.69. The normalized spacial score (nSPS) is 11.8. The fourth-order valence-electron chi connectivity index (χ4n) is 1.69. The predicted molar refractivity (Wildman–Crippen MR) is 61.6 cm³/mol. The van der Waals surface area contributed by atoms with E-state index in [-0.39, 0.29) is 12.1 Å². The van der Waals surface area contributed by atoms with Gasteiger partial charge < -0.3 is 5.73 Å². The molecule has 0 unspecified atom stereocenters. The lowest BCUT2D eigenvalue weighted by Crippen LogP contribution is -2.17. The monoisotopic (exact) mass is 273 g/mol. The first-order valence-corrected chi connectivity index (χ1v) is 5.47. The van der Waals surface area contributed by atoms with Crippen LogP contribution in [-0.4, -0.2) is 16.0 Å². The third-order valence-electron chi connectivity index (χ3n) is 2.55. The minimum absolute atomic E-state index is 0.199. The van der Waals surface area contributed by atoms with Gasteiger partial charge >= 0.3 is 6.18 Å². The van der Waals surface area contributed by atoms with E-state index in [2.05, 4.69) is 5.10 Å². The highest BCUT2D eigenvalue weighted by Crippen LogP contribution is 2.24. The lowest BCUT2D eigenvalue weighted by atomic mass is 10.1. The number of hydrogen-bond donors (Lipinski definition) is 1. The fraction of sp³-hybridized carbons (Fsp3) is 0.250. The van der Waals surface area contributed by atoms with Crippen molar-refractivity contribution in [1.29, 1.82) is 0 Å². The summed E-state index contributed by atoms with van der Waals surface area (Å²) in [6.07, 6.45) is -1.99. The molecule has 0 atom stereocenters. The van der Waals surface area contributed by atoms with Crippen LogP contribution in [0.25, 0.3) is 11.1 Å². The molecule has 0 fully saturated rings. The highest BCUT2D eigenvalue weighted by atomic mass is 19.4. The van der Waals surface area contributed by atoms with Crippen molar-refractivity contribution < 1.29 is 17.6 Å². The van der Waals surface area contributed by atoms with Gasteiger partial charge in [-0.15, -0.1) is 0 Å². The molecular weight excluding hydrogens is 262 g/mol. The smallest absolute Gasteiger partial charge is 0.326 e. The van der Waals surface area contributed by atoms with Gasteiger partial charge in [0, 0.05) is 23.9 Å². The number of aromatic nitrogens is 2. The summed E-state index contributed by atoms with van der Waals surface area (Å²) in [5, 5.41) is 3.57. The first-order chi connectivity index (χ1) is 8.89. The van der Waals surface area contributed by atoms with Gasteiger partial charge in [-0.05, 0) is 11.6 Å². The maximum atomic E-state index is 13.8. The zero-order valence-corrected chi connectivity index (χ0v) is 9.78. The molecule has 0 spiro atoms. The first kappa shape index (κ1) is 13.5. The topological polar surface area (TPSA) is 43.8 Å². The summed E-state index contributed by atoms with van der Waals surface area (Å²) in [5.74, 6) is -0.533. The highest BCUT2D eigenvalue weighted by Gasteiger charge is 2.28. The van der Waals surface area contributed by atoms with Crippen molar-refractivity contribution in [3.05, 3.63) is 42.0 Å². The lowest BCUT2D eigenvalue weighted by molar-refractivity contribution is -0.142. The van der Waals surface area contributed by atoms with Crippen molar-refractivity contribution in [1.82, 2.24) is 9.78 Å². The minimum Gasteiger partial charge on any atom is -0.326 e. The van der Waals surface area contributed by atoms with Gasteiger partial charge in [-0.3, -0.25) is 4.68 Å². The molecule has 2 rings (SSSR count). The number of hydrogen-bond acceptors (Lipinski definition) is 2. The second-order valence-electron chi connectivity index (χ2n) is 4.06. The zero-order chi connectivity index (χ0) is 14.0. The average Bonchev–Trinajstić information content (AvgIpc) is 2.74. The van der Waals surface area contributed by atoms with Crippen LogP contribution in [0.3, 0.4) is 0 Å². The molecule has 3 nitrogen and oxygen atoms in total. The quantitative estimate of drug-likeness (QED) is 0.874. The summed E-state index contributed by atoms with van der Waals surface area (Å²) in [4.78, 5) is 0. The number of alkyl halides is 3. The minimum atomic E-state index is -4.36. The number of nitrogens with two attached hydrogens (primary N) is 1. The second-order valence-corrected chi connectivity index (χ2v) is 4.06. The molecule has 0 saturated heterocycles. The van der Waals surface area contributed by atoms with E-state index >= 15 is 0 Å².